The summed E-state index contributed by atoms with van der Waals surface area (Å²) in [6.07, 6.45) is 0.931. The average Bonchev–Trinajstić information content (AvgIpc) is 2.57. The lowest BCUT2D eigenvalue weighted by Crippen LogP contribution is -2.44. The molecule has 0 unspecified atom stereocenters. The number of rotatable bonds is 9. The first-order valence-electron chi connectivity index (χ1n) is 8.48. The van der Waals surface area contributed by atoms with Crippen molar-refractivity contribution in [3.63, 3.8) is 0 Å². The van der Waals surface area contributed by atoms with E-state index in [0.717, 1.165) is 50.9 Å². The van der Waals surface area contributed by atoms with Crippen molar-refractivity contribution < 1.29 is 4.74 Å². The van der Waals surface area contributed by atoms with E-state index in [0.29, 0.717) is 6.61 Å². The Labute approximate surface area is 135 Å². The Bertz CT molecular complexity index is 398. The fourth-order valence-corrected chi connectivity index (χ4v) is 2.36. The highest BCUT2D eigenvalue weighted by molar-refractivity contribution is 5.80. The van der Waals surface area contributed by atoms with Gasteiger partial charge in [0.2, 0.25) is 0 Å². The minimum absolute atomic E-state index is 0.706. The number of para-hydroxylation sites is 1. The van der Waals surface area contributed by atoms with Gasteiger partial charge in [0.25, 0.3) is 0 Å². The average molecular weight is 305 g/mol. The van der Waals surface area contributed by atoms with Crippen molar-refractivity contribution in [2.24, 2.45) is 4.99 Å². The van der Waals surface area contributed by atoms with Gasteiger partial charge in [0.05, 0.1) is 6.61 Å². The van der Waals surface area contributed by atoms with Crippen LogP contribution in [-0.2, 0) is 0 Å². The summed E-state index contributed by atoms with van der Waals surface area (Å²) in [6.45, 7) is 14.2. The van der Waals surface area contributed by atoms with Gasteiger partial charge in [-0.15, -0.1) is 0 Å². The normalized spacial score (nSPS) is 10.2. The lowest BCUT2D eigenvalue weighted by Gasteiger charge is -2.32. The summed E-state index contributed by atoms with van der Waals surface area (Å²) >= 11 is 0. The van der Waals surface area contributed by atoms with Gasteiger partial charge in [-0.3, -0.25) is 4.99 Å². The van der Waals surface area contributed by atoms with Gasteiger partial charge in [-0.25, -0.2) is 0 Å². The van der Waals surface area contributed by atoms with Gasteiger partial charge < -0.3 is 14.5 Å². The van der Waals surface area contributed by atoms with Gasteiger partial charge in [0.15, 0.2) is 5.96 Å². The molecule has 124 valence electrons. The zero-order chi connectivity index (χ0) is 16.2. The van der Waals surface area contributed by atoms with Crippen LogP contribution >= 0.6 is 0 Å². The molecule has 0 atom stereocenters. The van der Waals surface area contributed by atoms with Crippen LogP contribution in [0.5, 0.6) is 5.75 Å². The largest absolute Gasteiger partial charge is 0.494 e. The Morgan fingerprint density at radius 1 is 0.909 bits per heavy atom. The molecule has 1 rings (SSSR count). The lowest BCUT2D eigenvalue weighted by atomic mass is 10.3. The first kappa shape index (κ1) is 18.3. The molecular weight excluding hydrogens is 274 g/mol. The molecule has 4 heteroatoms. The minimum atomic E-state index is 0.706. The van der Waals surface area contributed by atoms with Crippen LogP contribution in [0.15, 0.2) is 35.3 Å². The molecule has 22 heavy (non-hydrogen) atoms. The highest BCUT2D eigenvalue weighted by atomic mass is 16.5. The zero-order valence-corrected chi connectivity index (χ0v) is 14.6. The Kier molecular flexibility index (Phi) is 9.12. The van der Waals surface area contributed by atoms with E-state index in [4.69, 9.17) is 9.73 Å². The van der Waals surface area contributed by atoms with E-state index in [2.05, 4.69) is 37.5 Å². The molecule has 0 saturated heterocycles. The summed E-state index contributed by atoms with van der Waals surface area (Å²) in [7, 11) is 0. The summed E-state index contributed by atoms with van der Waals surface area (Å²) in [4.78, 5) is 9.48. The van der Waals surface area contributed by atoms with Crippen LogP contribution < -0.4 is 4.74 Å². The van der Waals surface area contributed by atoms with Crippen molar-refractivity contribution in [2.75, 3.05) is 39.3 Å². The minimum Gasteiger partial charge on any atom is -0.494 e. The third kappa shape index (κ3) is 5.96. The molecule has 0 fully saturated rings. The maximum absolute atomic E-state index is 5.72. The number of nitrogens with zero attached hydrogens (tertiary/aromatic N) is 3. The lowest BCUT2D eigenvalue weighted by molar-refractivity contribution is 0.311. The summed E-state index contributed by atoms with van der Waals surface area (Å²) < 4.78 is 5.72. The highest BCUT2D eigenvalue weighted by Crippen LogP contribution is 2.08. The summed E-state index contributed by atoms with van der Waals surface area (Å²) in [5, 5.41) is 0. The fraction of sp³-hybridized carbons (Fsp3) is 0.611. The van der Waals surface area contributed by atoms with E-state index in [1.807, 2.05) is 30.3 Å². The molecule has 0 aliphatic rings. The third-order valence-corrected chi connectivity index (χ3v) is 3.66. The van der Waals surface area contributed by atoms with E-state index in [1.165, 1.54) is 0 Å². The van der Waals surface area contributed by atoms with Crippen LogP contribution in [0.1, 0.15) is 34.1 Å². The van der Waals surface area contributed by atoms with Gasteiger partial charge in [-0.2, -0.15) is 0 Å². The molecule has 0 aromatic heterocycles. The third-order valence-electron chi connectivity index (χ3n) is 3.66. The topological polar surface area (TPSA) is 28.1 Å². The first-order chi connectivity index (χ1) is 10.8. The van der Waals surface area contributed by atoms with Crippen LogP contribution in [0.4, 0.5) is 0 Å². The second-order valence-electron chi connectivity index (χ2n) is 5.04. The van der Waals surface area contributed by atoms with E-state index < -0.39 is 0 Å². The predicted molar refractivity (Wildman–Crippen MR) is 94.7 cm³/mol. The Morgan fingerprint density at radius 3 is 1.95 bits per heavy atom. The highest BCUT2D eigenvalue weighted by Gasteiger charge is 2.13. The Balaban J connectivity index is 2.50. The summed E-state index contributed by atoms with van der Waals surface area (Å²) in [5.74, 6) is 2.05. The van der Waals surface area contributed by atoms with E-state index in [1.54, 1.807) is 0 Å². The molecule has 1 aromatic carbocycles. The van der Waals surface area contributed by atoms with Gasteiger partial charge in [-0.05, 0) is 39.8 Å². The number of hydrogen-bond donors (Lipinski definition) is 0. The molecule has 0 saturated carbocycles. The zero-order valence-electron chi connectivity index (χ0n) is 14.6. The van der Waals surface area contributed by atoms with Gasteiger partial charge in [-0.1, -0.05) is 18.2 Å². The molecule has 1 aromatic rings. The summed E-state index contributed by atoms with van der Waals surface area (Å²) in [6, 6.07) is 9.96. The van der Waals surface area contributed by atoms with Crippen LogP contribution in [0.3, 0.4) is 0 Å². The van der Waals surface area contributed by atoms with Crippen molar-refractivity contribution in [2.45, 2.75) is 34.1 Å². The SMILES string of the molecule is CCN(CC)C(=NCCCOc1ccccc1)N(CC)CC. The standard InChI is InChI=1S/C18H31N3O/c1-5-20(6-2)18(21(7-3)8-4)19-15-12-16-22-17-13-10-9-11-14-17/h9-11,13-14H,5-8,12,15-16H2,1-4H3. The monoisotopic (exact) mass is 305 g/mol. The second-order valence-corrected chi connectivity index (χ2v) is 5.04. The number of guanidine groups is 1. The van der Waals surface area contributed by atoms with E-state index >= 15 is 0 Å². The van der Waals surface area contributed by atoms with Crippen LogP contribution in [0.2, 0.25) is 0 Å². The molecule has 0 amide bonds. The quantitative estimate of drug-likeness (QED) is 0.397. The smallest absolute Gasteiger partial charge is 0.196 e. The van der Waals surface area contributed by atoms with Gasteiger partial charge >= 0.3 is 0 Å². The fourth-order valence-electron chi connectivity index (χ4n) is 2.36. The Morgan fingerprint density at radius 2 is 1.45 bits per heavy atom. The number of benzene rings is 1. The molecule has 0 spiro atoms. The molecule has 0 N–H and O–H groups in total. The molecular formula is C18H31N3O. The predicted octanol–water partition coefficient (Wildman–Crippen LogP) is 3.50. The van der Waals surface area contributed by atoms with E-state index in [9.17, 15) is 0 Å². The van der Waals surface area contributed by atoms with Crippen LogP contribution in [0, 0.1) is 0 Å². The number of ether oxygens (including phenoxy) is 1. The molecule has 0 heterocycles. The van der Waals surface area contributed by atoms with E-state index in [-0.39, 0.29) is 0 Å². The van der Waals surface area contributed by atoms with Crippen molar-refractivity contribution in [3.05, 3.63) is 30.3 Å². The van der Waals surface area contributed by atoms with Crippen LogP contribution in [-0.4, -0.2) is 55.1 Å². The molecule has 4 nitrogen and oxygen atoms in total. The van der Waals surface area contributed by atoms with Crippen molar-refractivity contribution in [3.8, 4) is 5.75 Å². The second kappa shape index (κ2) is 10.9. The van der Waals surface area contributed by atoms with Crippen LogP contribution in [0.25, 0.3) is 0 Å². The maximum atomic E-state index is 5.72. The molecule has 0 bridgehead atoms. The first-order valence-corrected chi connectivity index (χ1v) is 8.48. The Hall–Kier alpha value is -1.71. The maximum Gasteiger partial charge on any atom is 0.196 e. The molecule has 0 aliphatic carbocycles. The number of hydrogen-bond acceptors (Lipinski definition) is 2. The number of aliphatic imine (C=N–C) groups is 1. The molecule has 0 radical (unpaired) electrons. The van der Waals surface area contributed by atoms with Gasteiger partial charge in [0, 0.05) is 39.1 Å². The summed E-state index contributed by atoms with van der Waals surface area (Å²) in [5.41, 5.74) is 0. The van der Waals surface area contributed by atoms with Crippen molar-refractivity contribution in [1.82, 2.24) is 9.80 Å². The molecule has 0 aliphatic heterocycles. The van der Waals surface area contributed by atoms with Crippen molar-refractivity contribution >= 4 is 5.96 Å². The van der Waals surface area contributed by atoms with Crippen molar-refractivity contribution in [1.29, 1.82) is 0 Å². The van der Waals surface area contributed by atoms with Gasteiger partial charge in [0.1, 0.15) is 5.75 Å².